The van der Waals surface area contributed by atoms with Crippen molar-refractivity contribution in [1.82, 2.24) is 0 Å². The molecule has 0 aliphatic rings. The summed E-state index contributed by atoms with van der Waals surface area (Å²) in [5, 5.41) is 0. The molecule has 0 heterocycles. The Bertz CT molecular complexity index is 220. The molecule has 2 nitrogen and oxygen atoms in total. The number of carbonyl (C=O) groups excluding carboxylic acids is 1. The van der Waals surface area contributed by atoms with Gasteiger partial charge in [-0.2, -0.15) is 0 Å². The molecule has 0 saturated carbocycles. The van der Waals surface area contributed by atoms with E-state index in [4.69, 9.17) is 4.74 Å². The Balaban J connectivity index is 3.87. The molecule has 0 amide bonds. The van der Waals surface area contributed by atoms with E-state index in [2.05, 4.69) is 25.3 Å². The molecule has 0 spiro atoms. The highest BCUT2D eigenvalue weighted by molar-refractivity contribution is 5.88. The lowest BCUT2D eigenvalue weighted by molar-refractivity contribution is -0.140. The quantitative estimate of drug-likeness (QED) is 0.281. The lowest BCUT2D eigenvalue weighted by Crippen LogP contribution is -2.14. The van der Waals surface area contributed by atoms with Crippen molar-refractivity contribution < 1.29 is 9.53 Å². The summed E-state index contributed by atoms with van der Waals surface area (Å²) in [5.41, 5.74) is 0. The number of unbranched alkanes of at least 4 members (excludes halogenated alkanes) is 1. The highest BCUT2D eigenvalue weighted by Crippen LogP contribution is 2.05. The first kappa shape index (κ1) is 11.8. The average Bonchev–Trinajstić information content (AvgIpc) is 2.12. The van der Waals surface area contributed by atoms with Gasteiger partial charge in [0, 0.05) is 5.92 Å². The van der Waals surface area contributed by atoms with Gasteiger partial charge in [-0.1, -0.05) is 31.9 Å². The third kappa shape index (κ3) is 5.98. The molecule has 1 unspecified atom stereocenters. The molecular formula is C11H16O2. The molecule has 0 aromatic carbocycles. The molecule has 0 radical (unpaired) electrons. The van der Waals surface area contributed by atoms with Crippen LogP contribution in [0.5, 0.6) is 0 Å². The maximum Gasteiger partial charge on any atom is 0.384 e. The maximum atomic E-state index is 10.9. The van der Waals surface area contributed by atoms with Gasteiger partial charge in [0.15, 0.2) is 0 Å². The minimum Gasteiger partial charge on any atom is -0.449 e. The van der Waals surface area contributed by atoms with E-state index in [0.29, 0.717) is 0 Å². The first-order chi connectivity index (χ1) is 6.24. The first-order valence-corrected chi connectivity index (χ1v) is 4.50. The van der Waals surface area contributed by atoms with Crippen LogP contribution in [0.1, 0.15) is 33.1 Å². The summed E-state index contributed by atoms with van der Waals surface area (Å²) in [6.07, 6.45) is 4.40. The molecule has 0 fully saturated rings. The standard InChI is InChI=1S/C11H16O2/c1-4-7-9-10(6-3)13-11(12)8-5-2/h6,10H,3-4,7,9H2,1-2H3. The van der Waals surface area contributed by atoms with Crippen LogP contribution < -0.4 is 0 Å². The molecule has 0 N–H and O–H groups in total. The molecule has 0 aliphatic carbocycles. The van der Waals surface area contributed by atoms with E-state index < -0.39 is 5.97 Å². The van der Waals surface area contributed by atoms with Crippen LogP contribution in [0.4, 0.5) is 0 Å². The van der Waals surface area contributed by atoms with E-state index in [-0.39, 0.29) is 6.10 Å². The second-order valence-corrected chi connectivity index (χ2v) is 2.70. The van der Waals surface area contributed by atoms with Crippen LogP contribution in [0.3, 0.4) is 0 Å². The fourth-order valence-electron chi connectivity index (χ4n) is 0.899. The molecule has 13 heavy (non-hydrogen) atoms. The van der Waals surface area contributed by atoms with Crippen molar-refractivity contribution in [2.24, 2.45) is 0 Å². The summed E-state index contributed by atoms with van der Waals surface area (Å²) in [4.78, 5) is 10.9. The fourth-order valence-corrected chi connectivity index (χ4v) is 0.899. The van der Waals surface area contributed by atoms with Gasteiger partial charge in [-0.25, -0.2) is 4.79 Å². The smallest absolute Gasteiger partial charge is 0.384 e. The van der Waals surface area contributed by atoms with E-state index in [0.717, 1.165) is 19.3 Å². The Labute approximate surface area is 80.0 Å². The van der Waals surface area contributed by atoms with Crippen molar-refractivity contribution in [3.8, 4) is 11.8 Å². The number of hydrogen-bond acceptors (Lipinski definition) is 2. The Morgan fingerprint density at radius 2 is 2.38 bits per heavy atom. The zero-order valence-corrected chi connectivity index (χ0v) is 8.30. The Kier molecular flexibility index (Phi) is 6.72. The van der Waals surface area contributed by atoms with Gasteiger partial charge in [0.05, 0.1) is 0 Å². The minimum atomic E-state index is -0.469. The van der Waals surface area contributed by atoms with Gasteiger partial charge in [0.2, 0.25) is 0 Å². The van der Waals surface area contributed by atoms with Crippen LogP contribution in [0.2, 0.25) is 0 Å². The summed E-state index contributed by atoms with van der Waals surface area (Å²) in [6.45, 7) is 7.30. The number of ether oxygens (including phenoxy) is 1. The van der Waals surface area contributed by atoms with Gasteiger partial charge in [-0.3, -0.25) is 0 Å². The second-order valence-electron chi connectivity index (χ2n) is 2.70. The summed E-state index contributed by atoms with van der Waals surface area (Å²) < 4.78 is 5.01. The van der Waals surface area contributed by atoms with E-state index >= 15 is 0 Å². The van der Waals surface area contributed by atoms with Crippen LogP contribution in [0.15, 0.2) is 12.7 Å². The second kappa shape index (κ2) is 7.42. The van der Waals surface area contributed by atoms with Crippen molar-refractivity contribution >= 4 is 5.97 Å². The monoisotopic (exact) mass is 180 g/mol. The van der Waals surface area contributed by atoms with E-state index in [9.17, 15) is 4.79 Å². The van der Waals surface area contributed by atoms with Crippen molar-refractivity contribution in [2.75, 3.05) is 0 Å². The molecule has 0 aliphatic heterocycles. The predicted molar refractivity (Wildman–Crippen MR) is 53.1 cm³/mol. The number of hydrogen-bond donors (Lipinski definition) is 0. The zero-order chi connectivity index (χ0) is 10.1. The summed E-state index contributed by atoms with van der Waals surface area (Å²) in [7, 11) is 0. The maximum absolute atomic E-state index is 10.9. The van der Waals surface area contributed by atoms with Gasteiger partial charge in [-0.05, 0) is 19.8 Å². The van der Waals surface area contributed by atoms with Crippen LogP contribution in [0, 0.1) is 11.8 Å². The van der Waals surface area contributed by atoms with Gasteiger partial charge < -0.3 is 4.74 Å². The van der Waals surface area contributed by atoms with Crippen LogP contribution in [-0.2, 0) is 9.53 Å². The van der Waals surface area contributed by atoms with Crippen LogP contribution in [0.25, 0.3) is 0 Å². The van der Waals surface area contributed by atoms with Gasteiger partial charge >= 0.3 is 5.97 Å². The van der Waals surface area contributed by atoms with Crippen LogP contribution >= 0.6 is 0 Å². The largest absolute Gasteiger partial charge is 0.449 e. The average molecular weight is 180 g/mol. The van der Waals surface area contributed by atoms with Gasteiger partial charge in [-0.15, -0.1) is 0 Å². The third-order valence-electron chi connectivity index (χ3n) is 1.59. The van der Waals surface area contributed by atoms with Crippen LogP contribution in [-0.4, -0.2) is 12.1 Å². The normalized spacial score (nSPS) is 10.9. The van der Waals surface area contributed by atoms with Crippen molar-refractivity contribution in [1.29, 1.82) is 0 Å². The van der Waals surface area contributed by atoms with Crippen molar-refractivity contribution in [3.05, 3.63) is 12.7 Å². The minimum absolute atomic E-state index is 0.187. The molecule has 1 atom stereocenters. The molecular weight excluding hydrogens is 164 g/mol. The topological polar surface area (TPSA) is 26.3 Å². The molecule has 2 heteroatoms. The molecule has 0 bridgehead atoms. The molecule has 0 rings (SSSR count). The summed E-state index contributed by atoms with van der Waals surface area (Å²) >= 11 is 0. The molecule has 0 aromatic heterocycles. The highest BCUT2D eigenvalue weighted by Gasteiger charge is 2.07. The Morgan fingerprint density at radius 3 is 2.85 bits per heavy atom. The number of rotatable bonds is 5. The first-order valence-electron chi connectivity index (χ1n) is 4.50. The number of carbonyl (C=O) groups is 1. The Hall–Kier alpha value is -1.23. The van der Waals surface area contributed by atoms with E-state index in [1.807, 2.05) is 0 Å². The van der Waals surface area contributed by atoms with Gasteiger partial charge in [0.1, 0.15) is 6.10 Å². The molecule has 0 saturated heterocycles. The zero-order valence-electron chi connectivity index (χ0n) is 8.30. The fraction of sp³-hybridized carbons (Fsp3) is 0.545. The van der Waals surface area contributed by atoms with Crippen molar-refractivity contribution in [2.45, 2.75) is 39.2 Å². The molecule has 72 valence electrons. The van der Waals surface area contributed by atoms with Crippen molar-refractivity contribution in [3.63, 3.8) is 0 Å². The Morgan fingerprint density at radius 1 is 1.69 bits per heavy atom. The van der Waals surface area contributed by atoms with E-state index in [1.54, 1.807) is 13.0 Å². The van der Waals surface area contributed by atoms with Gasteiger partial charge in [0.25, 0.3) is 0 Å². The summed E-state index contributed by atoms with van der Waals surface area (Å²) in [5.74, 6) is 4.35. The predicted octanol–water partition coefficient (Wildman–Crippen LogP) is 2.30. The lowest BCUT2D eigenvalue weighted by Gasteiger charge is -2.10. The third-order valence-corrected chi connectivity index (χ3v) is 1.59. The number of esters is 1. The summed E-state index contributed by atoms with van der Waals surface area (Å²) in [6, 6.07) is 0. The molecule has 0 aromatic rings. The highest BCUT2D eigenvalue weighted by atomic mass is 16.5. The lowest BCUT2D eigenvalue weighted by atomic mass is 10.1. The van der Waals surface area contributed by atoms with E-state index in [1.165, 1.54) is 0 Å². The SMILES string of the molecule is C=CC(CCCC)OC(=O)C#CC.